The number of hydrogen-bond donors (Lipinski definition) is 0. The van der Waals surface area contributed by atoms with Gasteiger partial charge in [0.25, 0.3) is 0 Å². The zero-order valence-electron chi connectivity index (χ0n) is 4.09. The summed E-state index contributed by atoms with van der Waals surface area (Å²) in [6.07, 6.45) is 1.24. The van der Waals surface area contributed by atoms with Crippen molar-refractivity contribution in [1.82, 2.24) is 0 Å². The summed E-state index contributed by atoms with van der Waals surface area (Å²) < 4.78 is 4.40. The SMILES string of the molecule is CO/C=N/CC#N. The van der Waals surface area contributed by atoms with Crippen molar-refractivity contribution in [2.45, 2.75) is 0 Å². The third kappa shape index (κ3) is 4.96. The van der Waals surface area contributed by atoms with Crippen molar-refractivity contribution < 1.29 is 4.74 Å². The predicted octanol–water partition coefficient (Wildman–Crippen LogP) is 0.185. The van der Waals surface area contributed by atoms with E-state index < -0.39 is 0 Å². The summed E-state index contributed by atoms with van der Waals surface area (Å²) in [5, 5.41) is 7.87. The van der Waals surface area contributed by atoms with Gasteiger partial charge in [-0.1, -0.05) is 0 Å². The van der Waals surface area contributed by atoms with Crippen molar-refractivity contribution in [1.29, 1.82) is 5.26 Å². The number of nitrogens with zero attached hydrogens (tertiary/aromatic N) is 2. The van der Waals surface area contributed by atoms with Crippen LogP contribution in [0.15, 0.2) is 4.99 Å². The molecule has 0 aliphatic rings. The van der Waals surface area contributed by atoms with Crippen LogP contribution >= 0.6 is 0 Å². The molecule has 0 saturated carbocycles. The third-order valence-corrected chi connectivity index (χ3v) is 0.342. The van der Waals surface area contributed by atoms with E-state index in [4.69, 9.17) is 5.26 Å². The van der Waals surface area contributed by atoms with Crippen LogP contribution in [0.4, 0.5) is 0 Å². The van der Waals surface area contributed by atoms with Crippen LogP contribution in [0.25, 0.3) is 0 Å². The molecule has 0 N–H and O–H groups in total. The Kier molecular flexibility index (Phi) is 4.22. The summed E-state index contributed by atoms with van der Waals surface area (Å²) in [5.74, 6) is 0. The lowest BCUT2D eigenvalue weighted by molar-refractivity contribution is 0.421. The fraction of sp³-hybridized carbons (Fsp3) is 0.500. The molecule has 0 aromatic carbocycles. The zero-order valence-corrected chi connectivity index (χ0v) is 4.09. The minimum Gasteiger partial charge on any atom is -0.487 e. The maximum atomic E-state index is 7.87. The molecule has 0 fully saturated rings. The number of rotatable bonds is 2. The molecular weight excluding hydrogens is 92.1 g/mol. The summed E-state index contributed by atoms with van der Waals surface area (Å²) in [5.41, 5.74) is 0. The normalized spacial score (nSPS) is 8.57. The topological polar surface area (TPSA) is 45.4 Å². The molecule has 0 spiro atoms. The summed E-state index contributed by atoms with van der Waals surface area (Å²) >= 11 is 0. The molecule has 3 nitrogen and oxygen atoms in total. The molecule has 3 heteroatoms. The molecule has 0 heterocycles. The molecule has 0 aliphatic carbocycles. The van der Waals surface area contributed by atoms with E-state index in [1.54, 1.807) is 0 Å². The Morgan fingerprint density at radius 2 is 2.71 bits per heavy atom. The van der Waals surface area contributed by atoms with Gasteiger partial charge in [-0.25, -0.2) is 4.99 Å². The summed E-state index contributed by atoms with van der Waals surface area (Å²) in [4.78, 5) is 3.50. The number of aliphatic imine (C=N–C) groups is 1. The van der Waals surface area contributed by atoms with Crippen molar-refractivity contribution in [2.24, 2.45) is 4.99 Å². The zero-order chi connectivity index (χ0) is 5.54. The van der Waals surface area contributed by atoms with Gasteiger partial charge in [-0.15, -0.1) is 0 Å². The molecule has 0 aliphatic heterocycles. The average molecular weight is 98.1 g/mol. The van der Waals surface area contributed by atoms with Crippen molar-refractivity contribution in [3.05, 3.63) is 0 Å². The summed E-state index contributed by atoms with van der Waals surface area (Å²) in [6.45, 7) is 0.174. The second-order valence-electron chi connectivity index (χ2n) is 0.840. The van der Waals surface area contributed by atoms with Crippen LogP contribution < -0.4 is 0 Å². The van der Waals surface area contributed by atoms with Crippen LogP contribution in [0.5, 0.6) is 0 Å². The molecular formula is C4H6N2O. The van der Waals surface area contributed by atoms with Crippen molar-refractivity contribution in [3.63, 3.8) is 0 Å². The molecule has 0 aromatic heterocycles. The van der Waals surface area contributed by atoms with Gasteiger partial charge in [-0.05, 0) is 0 Å². The average Bonchev–Trinajstić information content (AvgIpc) is 1.69. The molecule has 0 radical (unpaired) electrons. The Bertz CT molecular complexity index is 92.4. The Hall–Kier alpha value is -1.04. The molecule has 0 rings (SSSR count). The van der Waals surface area contributed by atoms with Crippen LogP contribution in [-0.2, 0) is 4.74 Å². The molecule has 38 valence electrons. The maximum Gasteiger partial charge on any atom is 0.169 e. The second-order valence-corrected chi connectivity index (χ2v) is 0.840. The highest BCUT2D eigenvalue weighted by Gasteiger charge is 1.65. The van der Waals surface area contributed by atoms with Crippen LogP contribution in [0, 0.1) is 11.3 Å². The Balaban J connectivity index is 2.97. The lowest BCUT2D eigenvalue weighted by atomic mass is 10.8. The molecule has 0 unspecified atom stereocenters. The van der Waals surface area contributed by atoms with E-state index in [1.165, 1.54) is 13.5 Å². The first-order valence-electron chi connectivity index (χ1n) is 1.80. The van der Waals surface area contributed by atoms with Crippen LogP contribution in [0.3, 0.4) is 0 Å². The predicted molar refractivity (Wildman–Crippen MR) is 26.0 cm³/mol. The standard InChI is InChI=1S/C4H6N2O/c1-7-4-6-3-2-5/h4H,3H2,1H3/b6-4+. The molecule has 7 heavy (non-hydrogen) atoms. The first kappa shape index (κ1) is 5.96. The summed E-state index contributed by atoms with van der Waals surface area (Å²) in [6, 6.07) is 1.82. The van der Waals surface area contributed by atoms with Gasteiger partial charge in [0.2, 0.25) is 0 Å². The second kappa shape index (κ2) is 4.96. The van der Waals surface area contributed by atoms with Gasteiger partial charge in [0.05, 0.1) is 13.2 Å². The monoisotopic (exact) mass is 98.0 g/mol. The van der Waals surface area contributed by atoms with Crippen LogP contribution in [-0.4, -0.2) is 20.1 Å². The number of hydrogen-bond acceptors (Lipinski definition) is 3. The minimum atomic E-state index is 0.174. The van der Waals surface area contributed by atoms with Gasteiger partial charge >= 0.3 is 0 Å². The lowest BCUT2D eigenvalue weighted by Gasteiger charge is -1.78. The Morgan fingerprint density at radius 1 is 2.00 bits per heavy atom. The van der Waals surface area contributed by atoms with Gasteiger partial charge in [0.15, 0.2) is 6.40 Å². The quantitative estimate of drug-likeness (QED) is 0.281. The number of ether oxygens (including phenoxy) is 1. The number of nitriles is 1. The lowest BCUT2D eigenvalue weighted by Crippen LogP contribution is -1.77. The molecule has 0 amide bonds. The van der Waals surface area contributed by atoms with E-state index >= 15 is 0 Å². The largest absolute Gasteiger partial charge is 0.487 e. The van der Waals surface area contributed by atoms with Gasteiger partial charge in [-0.3, -0.25) is 0 Å². The first-order valence-corrected chi connectivity index (χ1v) is 1.80. The fourth-order valence-electron chi connectivity index (χ4n) is 0.153. The van der Waals surface area contributed by atoms with E-state index in [-0.39, 0.29) is 6.54 Å². The van der Waals surface area contributed by atoms with E-state index in [1.807, 2.05) is 6.07 Å². The van der Waals surface area contributed by atoms with Crippen molar-refractivity contribution in [2.75, 3.05) is 13.7 Å². The smallest absolute Gasteiger partial charge is 0.169 e. The fourth-order valence-corrected chi connectivity index (χ4v) is 0.153. The Labute approximate surface area is 42.2 Å². The van der Waals surface area contributed by atoms with E-state index in [0.717, 1.165) is 0 Å². The molecule has 0 bridgehead atoms. The Morgan fingerprint density at radius 3 is 3.14 bits per heavy atom. The highest BCUT2D eigenvalue weighted by atomic mass is 16.5. The van der Waals surface area contributed by atoms with Gasteiger partial charge in [0.1, 0.15) is 6.54 Å². The minimum absolute atomic E-state index is 0.174. The first-order chi connectivity index (χ1) is 3.41. The van der Waals surface area contributed by atoms with Gasteiger partial charge in [0, 0.05) is 0 Å². The molecule has 0 saturated heterocycles. The van der Waals surface area contributed by atoms with Crippen molar-refractivity contribution >= 4 is 6.40 Å². The highest BCUT2D eigenvalue weighted by Crippen LogP contribution is 1.61. The van der Waals surface area contributed by atoms with Gasteiger partial charge in [-0.2, -0.15) is 5.26 Å². The third-order valence-electron chi connectivity index (χ3n) is 0.342. The highest BCUT2D eigenvalue weighted by molar-refractivity contribution is 5.46. The van der Waals surface area contributed by atoms with E-state index in [0.29, 0.717) is 0 Å². The molecule has 0 atom stereocenters. The maximum absolute atomic E-state index is 7.87. The number of methoxy groups -OCH3 is 1. The van der Waals surface area contributed by atoms with Crippen molar-refractivity contribution in [3.8, 4) is 6.07 Å². The van der Waals surface area contributed by atoms with Crippen LogP contribution in [0.1, 0.15) is 0 Å². The summed E-state index contributed by atoms with van der Waals surface area (Å²) in [7, 11) is 1.49. The van der Waals surface area contributed by atoms with E-state index in [9.17, 15) is 0 Å². The van der Waals surface area contributed by atoms with Crippen LogP contribution in [0.2, 0.25) is 0 Å². The molecule has 0 aromatic rings. The van der Waals surface area contributed by atoms with E-state index in [2.05, 4.69) is 9.73 Å². The van der Waals surface area contributed by atoms with Gasteiger partial charge < -0.3 is 4.74 Å².